The van der Waals surface area contributed by atoms with Crippen LogP contribution >= 0.6 is 23.5 Å². The lowest BCUT2D eigenvalue weighted by Crippen LogP contribution is -2.48. The molecule has 0 aromatic rings. The van der Waals surface area contributed by atoms with Gasteiger partial charge in [-0.3, -0.25) is 4.99 Å². The molecule has 1 spiro atoms. The first-order chi connectivity index (χ1) is 9.30. The summed E-state index contributed by atoms with van der Waals surface area (Å²) in [4.78, 5) is 4.97. The standard InChI is InChI=1S/C14H24N2OS2/c1-2-18-12-4-3-11(9-12)15-13-16-14(10-19-13)5-7-17-8-6-14/h11-12H,2-10H2,1H3,(H,15,16). The molecule has 2 aliphatic heterocycles. The highest BCUT2D eigenvalue weighted by molar-refractivity contribution is 8.14. The lowest BCUT2D eigenvalue weighted by atomic mass is 9.93. The fourth-order valence-corrected chi connectivity index (χ4v) is 5.61. The predicted octanol–water partition coefficient (Wildman–Crippen LogP) is 2.90. The molecule has 0 bridgehead atoms. The third kappa shape index (κ3) is 3.42. The van der Waals surface area contributed by atoms with Crippen molar-refractivity contribution in [2.45, 2.75) is 55.9 Å². The monoisotopic (exact) mass is 300 g/mol. The summed E-state index contributed by atoms with van der Waals surface area (Å²) in [6.45, 7) is 4.06. The maximum absolute atomic E-state index is 5.47. The molecule has 1 saturated carbocycles. The summed E-state index contributed by atoms with van der Waals surface area (Å²) in [6, 6.07) is 0.564. The van der Waals surface area contributed by atoms with Crippen LogP contribution in [-0.2, 0) is 4.74 Å². The first-order valence-electron chi connectivity index (χ1n) is 7.48. The van der Waals surface area contributed by atoms with E-state index in [0.717, 1.165) is 31.3 Å². The number of ether oxygens (including phenoxy) is 1. The summed E-state index contributed by atoms with van der Waals surface area (Å²) in [5.74, 6) is 2.42. The van der Waals surface area contributed by atoms with Crippen molar-refractivity contribution in [3.63, 3.8) is 0 Å². The summed E-state index contributed by atoms with van der Waals surface area (Å²) in [6.07, 6.45) is 6.18. The van der Waals surface area contributed by atoms with Crippen molar-refractivity contribution in [2.24, 2.45) is 4.99 Å². The molecule has 5 heteroatoms. The van der Waals surface area contributed by atoms with Crippen LogP contribution in [0, 0.1) is 0 Å². The number of thioether (sulfide) groups is 2. The third-order valence-corrected chi connectivity index (χ3v) is 6.78. The van der Waals surface area contributed by atoms with Gasteiger partial charge in [-0.2, -0.15) is 11.8 Å². The lowest BCUT2D eigenvalue weighted by molar-refractivity contribution is 0.0555. The van der Waals surface area contributed by atoms with Gasteiger partial charge < -0.3 is 10.1 Å². The van der Waals surface area contributed by atoms with Gasteiger partial charge in [0.2, 0.25) is 0 Å². The van der Waals surface area contributed by atoms with E-state index in [1.165, 1.54) is 35.9 Å². The Hall–Kier alpha value is 0.130. The van der Waals surface area contributed by atoms with E-state index in [0.29, 0.717) is 6.04 Å². The van der Waals surface area contributed by atoms with E-state index in [1.807, 2.05) is 11.8 Å². The van der Waals surface area contributed by atoms with Crippen molar-refractivity contribution in [3.05, 3.63) is 0 Å². The Bertz CT molecular complexity index is 342. The highest BCUT2D eigenvalue weighted by atomic mass is 32.2. The molecule has 2 atom stereocenters. The van der Waals surface area contributed by atoms with Crippen molar-refractivity contribution in [3.8, 4) is 0 Å². The van der Waals surface area contributed by atoms with Crippen LogP contribution in [-0.4, -0.2) is 46.7 Å². The number of rotatable bonds is 3. The quantitative estimate of drug-likeness (QED) is 0.869. The van der Waals surface area contributed by atoms with E-state index in [9.17, 15) is 0 Å². The molecule has 108 valence electrons. The van der Waals surface area contributed by atoms with Crippen LogP contribution in [0.15, 0.2) is 4.99 Å². The molecule has 2 unspecified atom stereocenters. The molecule has 3 aliphatic rings. The van der Waals surface area contributed by atoms with E-state index < -0.39 is 0 Å². The molecule has 2 saturated heterocycles. The molecule has 0 radical (unpaired) electrons. The second-order valence-corrected chi connectivity index (χ2v) is 8.33. The summed E-state index contributed by atoms with van der Waals surface area (Å²) < 4.78 is 5.47. The van der Waals surface area contributed by atoms with Crippen molar-refractivity contribution >= 4 is 28.7 Å². The summed E-state index contributed by atoms with van der Waals surface area (Å²) >= 11 is 4.03. The van der Waals surface area contributed by atoms with Crippen LogP contribution in [0.3, 0.4) is 0 Å². The van der Waals surface area contributed by atoms with Gasteiger partial charge in [-0.1, -0.05) is 18.7 Å². The molecule has 2 heterocycles. The first kappa shape index (κ1) is 14.1. The van der Waals surface area contributed by atoms with Gasteiger partial charge in [-0.05, 0) is 37.9 Å². The molecular weight excluding hydrogens is 276 g/mol. The second-order valence-electron chi connectivity index (χ2n) is 5.78. The van der Waals surface area contributed by atoms with Gasteiger partial charge in [-0.15, -0.1) is 0 Å². The minimum absolute atomic E-state index is 0.290. The van der Waals surface area contributed by atoms with E-state index in [2.05, 4.69) is 24.0 Å². The molecule has 1 N–H and O–H groups in total. The number of hydrogen-bond donors (Lipinski definition) is 1. The topological polar surface area (TPSA) is 33.6 Å². The van der Waals surface area contributed by atoms with Crippen molar-refractivity contribution in [1.82, 2.24) is 5.32 Å². The number of hydrogen-bond acceptors (Lipinski definition) is 4. The van der Waals surface area contributed by atoms with E-state index in [1.54, 1.807) is 0 Å². The maximum atomic E-state index is 5.47. The molecule has 1 aliphatic carbocycles. The van der Waals surface area contributed by atoms with E-state index in [-0.39, 0.29) is 5.54 Å². The Morgan fingerprint density at radius 3 is 3.05 bits per heavy atom. The highest BCUT2D eigenvalue weighted by Gasteiger charge is 2.39. The van der Waals surface area contributed by atoms with Gasteiger partial charge >= 0.3 is 0 Å². The zero-order chi connectivity index (χ0) is 13.1. The van der Waals surface area contributed by atoms with Crippen LogP contribution in [0.1, 0.15) is 39.0 Å². The first-order valence-corrected chi connectivity index (χ1v) is 9.51. The van der Waals surface area contributed by atoms with Crippen LogP contribution in [0.25, 0.3) is 0 Å². The average molecular weight is 300 g/mol. The molecule has 3 rings (SSSR count). The van der Waals surface area contributed by atoms with Gasteiger partial charge in [0.25, 0.3) is 0 Å². The van der Waals surface area contributed by atoms with Gasteiger partial charge in [0, 0.05) is 24.2 Å². The lowest BCUT2D eigenvalue weighted by Gasteiger charge is -2.32. The van der Waals surface area contributed by atoms with Gasteiger partial charge in [0.15, 0.2) is 5.17 Å². The largest absolute Gasteiger partial charge is 0.381 e. The fraction of sp³-hybridized carbons (Fsp3) is 0.929. The molecule has 3 nitrogen and oxygen atoms in total. The molecule has 0 aromatic carbocycles. The molecule has 0 aromatic heterocycles. The summed E-state index contributed by atoms with van der Waals surface area (Å²) in [7, 11) is 0. The average Bonchev–Trinajstić information content (AvgIpc) is 3.00. The van der Waals surface area contributed by atoms with Gasteiger partial charge in [0.1, 0.15) is 0 Å². The number of nitrogens with one attached hydrogen (secondary N) is 1. The second kappa shape index (κ2) is 6.27. The Morgan fingerprint density at radius 1 is 1.42 bits per heavy atom. The molecular formula is C14H24N2OS2. The van der Waals surface area contributed by atoms with Crippen molar-refractivity contribution < 1.29 is 4.74 Å². The predicted molar refractivity (Wildman–Crippen MR) is 85.4 cm³/mol. The maximum Gasteiger partial charge on any atom is 0.157 e. The third-order valence-electron chi connectivity index (χ3n) is 4.37. The fourth-order valence-electron chi connectivity index (χ4n) is 3.19. The molecule has 3 fully saturated rings. The Morgan fingerprint density at radius 2 is 2.26 bits per heavy atom. The van der Waals surface area contributed by atoms with Crippen LogP contribution in [0.4, 0.5) is 0 Å². The number of aliphatic imine (C=N–C) groups is 1. The van der Waals surface area contributed by atoms with Crippen LogP contribution in [0.2, 0.25) is 0 Å². The van der Waals surface area contributed by atoms with Gasteiger partial charge in [0.05, 0.1) is 11.6 Å². The minimum Gasteiger partial charge on any atom is -0.381 e. The SMILES string of the molecule is CCSC1CCC(N=C2NC3(CCOCC3)CS2)C1. The van der Waals surface area contributed by atoms with E-state index in [4.69, 9.17) is 9.73 Å². The Labute approximate surface area is 124 Å². The van der Waals surface area contributed by atoms with E-state index >= 15 is 0 Å². The Kier molecular flexibility index (Phi) is 4.65. The zero-order valence-corrected chi connectivity index (χ0v) is 13.3. The highest BCUT2D eigenvalue weighted by Crippen LogP contribution is 2.35. The van der Waals surface area contributed by atoms with Crippen LogP contribution in [0.5, 0.6) is 0 Å². The van der Waals surface area contributed by atoms with Crippen LogP contribution < -0.4 is 5.32 Å². The summed E-state index contributed by atoms with van der Waals surface area (Å²) in [5, 5.41) is 5.76. The molecule has 19 heavy (non-hydrogen) atoms. The zero-order valence-electron chi connectivity index (χ0n) is 11.7. The minimum atomic E-state index is 0.290. The number of amidine groups is 1. The smallest absolute Gasteiger partial charge is 0.157 e. The normalized spacial score (nSPS) is 35.9. The van der Waals surface area contributed by atoms with Gasteiger partial charge in [-0.25, -0.2) is 0 Å². The Balaban J connectivity index is 1.54. The number of nitrogens with zero attached hydrogens (tertiary/aromatic N) is 1. The summed E-state index contributed by atoms with van der Waals surface area (Å²) in [5.41, 5.74) is 0.290. The molecule has 0 amide bonds. The van der Waals surface area contributed by atoms with Crippen molar-refractivity contribution in [2.75, 3.05) is 24.7 Å². The van der Waals surface area contributed by atoms with Crippen molar-refractivity contribution in [1.29, 1.82) is 0 Å².